The first kappa shape index (κ1) is 16.4. The number of rotatable bonds is 4. The average molecular weight is 365 g/mol. The van der Waals surface area contributed by atoms with Crippen molar-refractivity contribution in [3.8, 4) is 21.7 Å². The van der Waals surface area contributed by atoms with Crippen LogP contribution in [0.1, 0.15) is 4.88 Å². The molecule has 5 heteroatoms. The fourth-order valence-corrected chi connectivity index (χ4v) is 4.65. The third kappa shape index (κ3) is 3.48. The molecule has 25 heavy (non-hydrogen) atoms. The van der Waals surface area contributed by atoms with E-state index < -0.39 is 8.38 Å². The van der Waals surface area contributed by atoms with Gasteiger partial charge in [-0.2, -0.15) is 0 Å². The van der Waals surface area contributed by atoms with E-state index in [1.54, 1.807) is 11.3 Å². The van der Waals surface area contributed by atoms with Crippen molar-refractivity contribution >= 4 is 30.6 Å². The summed E-state index contributed by atoms with van der Waals surface area (Å²) in [7, 11) is -1.91. The molecule has 0 bridgehead atoms. The number of fused-ring (bicyclic) bond motifs is 1. The van der Waals surface area contributed by atoms with Gasteiger partial charge in [-0.1, -0.05) is 48.5 Å². The van der Waals surface area contributed by atoms with Crippen molar-refractivity contribution in [2.75, 3.05) is 0 Å². The highest BCUT2D eigenvalue weighted by Crippen LogP contribution is 2.37. The van der Waals surface area contributed by atoms with Gasteiger partial charge in [0.25, 0.3) is 0 Å². The number of pyridine rings is 1. The fraction of sp³-hybridized carbons (Fsp3) is 0.0500. The fourth-order valence-electron chi connectivity index (χ4n) is 2.90. The summed E-state index contributed by atoms with van der Waals surface area (Å²) in [5, 5.41) is 1.13. The molecule has 0 unspecified atom stereocenters. The quantitative estimate of drug-likeness (QED) is 0.474. The number of thiophene rings is 1. The van der Waals surface area contributed by atoms with E-state index in [2.05, 4.69) is 24.3 Å². The van der Waals surface area contributed by atoms with Crippen LogP contribution in [0.5, 0.6) is 0 Å². The third-order valence-corrected chi connectivity index (χ3v) is 5.96. The van der Waals surface area contributed by atoms with Crippen LogP contribution in [0.3, 0.4) is 0 Å². The molecule has 0 amide bonds. The van der Waals surface area contributed by atoms with E-state index in [9.17, 15) is 9.79 Å². The molecule has 2 N–H and O–H groups in total. The minimum atomic E-state index is -1.91. The summed E-state index contributed by atoms with van der Waals surface area (Å²) in [5.74, 6) is 0. The van der Waals surface area contributed by atoms with Crippen LogP contribution in [-0.2, 0) is 6.16 Å². The molecule has 2 heterocycles. The van der Waals surface area contributed by atoms with Gasteiger partial charge in [-0.15, -0.1) is 11.3 Å². The minimum Gasteiger partial charge on any atom is -0.350 e. The van der Waals surface area contributed by atoms with Crippen molar-refractivity contribution in [2.24, 2.45) is 0 Å². The van der Waals surface area contributed by atoms with E-state index in [1.807, 2.05) is 48.5 Å². The number of aromatic nitrogens is 1. The first-order valence-corrected chi connectivity index (χ1v) is 10.2. The zero-order chi connectivity index (χ0) is 17.2. The molecule has 4 rings (SSSR count). The molecule has 0 aliphatic heterocycles. The van der Waals surface area contributed by atoms with Crippen molar-refractivity contribution in [3.05, 3.63) is 77.7 Å². The normalized spacial score (nSPS) is 11.3. The topological polar surface area (TPSA) is 53.4 Å². The molecule has 0 radical (unpaired) electrons. The highest BCUT2D eigenvalue weighted by atomic mass is 32.1. The largest absolute Gasteiger partial charge is 0.350 e. The molecule has 124 valence electrons. The van der Waals surface area contributed by atoms with Gasteiger partial charge < -0.3 is 9.79 Å². The molecule has 0 saturated heterocycles. The zero-order valence-corrected chi connectivity index (χ0v) is 15.0. The van der Waals surface area contributed by atoms with Crippen molar-refractivity contribution in [1.82, 2.24) is 4.98 Å². The van der Waals surface area contributed by atoms with E-state index in [0.29, 0.717) is 6.16 Å². The lowest BCUT2D eigenvalue weighted by Crippen LogP contribution is -1.88. The molecule has 0 fully saturated rings. The Morgan fingerprint density at radius 2 is 1.64 bits per heavy atom. The molecule has 0 aliphatic rings. The number of benzene rings is 2. The summed E-state index contributed by atoms with van der Waals surface area (Å²) in [6.45, 7) is 0. The summed E-state index contributed by atoms with van der Waals surface area (Å²) >= 11 is 1.56. The van der Waals surface area contributed by atoms with Crippen LogP contribution in [0.25, 0.3) is 32.6 Å². The van der Waals surface area contributed by atoms with Crippen LogP contribution < -0.4 is 0 Å². The molecule has 2 aromatic heterocycles. The van der Waals surface area contributed by atoms with Crippen LogP contribution in [0.4, 0.5) is 0 Å². The highest BCUT2D eigenvalue weighted by molar-refractivity contribution is 7.44. The number of para-hydroxylation sites is 1. The lowest BCUT2D eigenvalue weighted by atomic mass is 10.00. The average Bonchev–Trinajstić information content (AvgIpc) is 3.09. The molecule has 0 spiro atoms. The molecule has 0 saturated carbocycles. The lowest BCUT2D eigenvalue weighted by molar-refractivity contribution is 0.482. The second kappa shape index (κ2) is 7.03. The predicted octanol–water partition coefficient (Wildman–Crippen LogP) is 5.43. The van der Waals surface area contributed by atoms with Gasteiger partial charge in [-0.3, -0.25) is 0 Å². The summed E-state index contributed by atoms with van der Waals surface area (Å²) in [5.41, 5.74) is 4.19. The zero-order valence-electron chi connectivity index (χ0n) is 13.3. The number of hydrogen-bond donors (Lipinski definition) is 2. The minimum absolute atomic E-state index is 0.305. The molecular formula is C20H16NO2PS. The van der Waals surface area contributed by atoms with E-state index in [4.69, 9.17) is 4.98 Å². The van der Waals surface area contributed by atoms with Crippen LogP contribution in [0.2, 0.25) is 0 Å². The van der Waals surface area contributed by atoms with Crippen molar-refractivity contribution in [1.29, 1.82) is 0 Å². The van der Waals surface area contributed by atoms with Gasteiger partial charge in [-0.25, -0.2) is 4.98 Å². The summed E-state index contributed by atoms with van der Waals surface area (Å²) in [6.07, 6.45) is 0.305. The Labute approximate surface area is 151 Å². The Hall–Kier alpha value is -2.10. The van der Waals surface area contributed by atoms with Gasteiger partial charge in [0.2, 0.25) is 0 Å². The van der Waals surface area contributed by atoms with E-state index in [-0.39, 0.29) is 0 Å². The Morgan fingerprint density at radius 3 is 2.44 bits per heavy atom. The van der Waals surface area contributed by atoms with Crippen molar-refractivity contribution < 1.29 is 9.79 Å². The molecular weight excluding hydrogens is 349 g/mol. The maximum absolute atomic E-state index is 9.23. The standard InChI is InChI=1S/C20H16NO2PS/c22-24(23)13-15-10-11-20(25-15)19-12-17(14-6-2-1-3-7-14)16-8-4-5-9-18(16)21-19/h1-12,22-23H,13H2. The Morgan fingerprint density at radius 1 is 0.880 bits per heavy atom. The Bertz CT molecular complexity index is 1010. The van der Waals surface area contributed by atoms with Crippen LogP contribution in [-0.4, -0.2) is 14.8 Å². The Kier molecular flexibility index (Phi) is 4.60. The van der Waals surface area contributed by atoms with Gasteiger partial charge in [0, 0.05) is 10.3 Å². The summed E-state index contributed by atoms with van der Waals surface area (Å²) < 4.78 is 0. The second-order valence-corrected chi connectivity index (χ2v) is 7.96. The smallest absolute Gasteiger partial charge is 0.170 e. The van der Waals surface area contributed by atoms with Gasteiger partial charge in [0.05, 0.1) is 22.2 Å². The molecule has 4 aromatic rings. The van der Waals surface area contributed by atoms with Gasteiger partial charge in [0.1, 0.15) is 0 Å². The van der Waals surface area contributed by atoms with Crippen LogP contribution in [0, 0.1) is 0 Å². The lowest BCUT2D eigenvalue weighted by Gasteiger charge is -2.09. The van der Waals surface area contributed by atoms with E-state index in [0.717, 1.165) is 37.5 Å². The molecule has 2 aromatic carbocycles. The number of hydrogen-bond acceptors (Lipinski definition) is 4. The van der Waals surface area contributed by atoms with Gasteiger partial charge in [-0.05, 0) is 35.4 Å². The molecule has 0 atom stereocenters. The summed E-state index contributed by atoms with van der Waals surface area (Å²) in [6, 6.07) is 24.5. The van der Waals surface area contributed by atoms with E-state index >= 15 is 0 Å². The maximum atomic E-state index is 9.23. The van der Waals surface area contributed by atoms with Gasteiger partial charge in [0.15, 0.2) is 8.38 Å². The monoisotopic (exact) mass is 365 g/mol. The Balaban J connectivity index is 1.87. The van der Waals surface area contributed by atoms with E-state index in [1.165, 1.54) is 0 Å². The first-order valence-electron chi connectivity index (χ1n) is 7.90. The maximum Gasteiger partial charge on any atom is 0.170 e. The summed E-state index contributed by atoms with van der Waals surface area (Å²) in [4.78, 5) is 25.3. The number of nitrogens with zero attached hydrogens (tertiary/aromatic N) is 1. The second-order valence-electron chi connectivity index (χ2n) is 5.73. The van der Waals surface area contributed by atoms with Crippen LogP contribution in [0.15, 0.2) is 72.8 Å². The van der Waals surface area contributed by atoms with Crippen LogP contribution >= 0.6 is 19.7 Å². The SMILES string of the molecule is OP(O)Cc1ccc(-c2cc(-c3ccccc3)c3ccccc3n2)s1. The van der Waals surface area contributed by atoms with Gasteiger partial charge >= 0.3 is 0 Å². The van der Waals surface area contributed by atoms with Crippen molar-refractivity contribution in [3.63, 3.8) is 0 Å². The van der Waals surface area contributed by atoms with Crippen molar-refractivity contribution in [2.45, 2.75) is 6.16 Å². The third-order valence-electron chi connectivity index (χ3n) is 4.01. The highest BCUT2D eigenvalue weighted by Gasteiger charge is 2.12. The first-order chi connectivity index (χ1) is 12.2. The molecule has 3 nitrogen and oxygen atoms in total. The predicted molar refractivity (Wildman–Crippen MR) is 106 cm³/mol. The molecule has 0 aliphatic carbocycles.